The average molecular weight is 627 g/mol. The minimum atomic E-state index is -0.716. The van der Waals surface area contributed by atoms with E-state index in [1.807, 2.05) is 20.8 Å². The fourth-order valence-electron chi connectivity index (χ4n) is 5.81. The number of likely N-dealkylation sites (tertiary alicyclic amines) is 1. The zero-order chi connectivity index (χ0) is 32.9. The molecule has 0 spiro atoms. The molecule has 0 radical (unpaired) electrons. The molecule has 1 fully saturated rings. The number of hydrogen-bond acceptors (Lipinski definition) is 8. The Morgan fingerprint density at radius 2 is 1.80 bits per heavy atom. The summed E-state index contributed by atoms with van der Waals surface area (Å²) in [6.07, 6.45) is 6.38. The maximum atomic E-state index is 15.3. The van der Waals surface area contributed by atoms with Gasteiger partial charge in [-0.15, -0.1) is 0 Å². The number of amides is 1. The lowest BCUT2D eigenvalue weighted by atomic mass is 9.86. The Balaban J connectivity index is 1.40. The highest BCUT2D eigenvalue weighted by atomic mass is 19.1. The van der Waals surface area contributed by atoms with Crippen molar-refractivity contribution < 1.29 is 14.3 Å². The number of carbonyl (C=O) groups excluding carboxylic acids is 1. The van der Waals surface area contributed by atoms with Crippen LogP contribution in [-0.4, -0.2) is 58.1 Å². The van der Waals surface area contributed by atoms with Crippen molar-refractivity contribution in [2.75, 3.05) is 18.4 Å². The van der Waals surface area contributed by atoms with E-state index >= 15 is 4.39 Å². The zero-order valence-electron chi connectivity index (χ0n) is 26.3. The molecular formula is C33H35FN8O4. The number of nitrogens with one attached hydrogen (secondary N) is 1. The summed E-state index contributed by atoms with van der Waals surface area (Å²) in [5.41, 5.74) is 1.17. The van der Waals surface area contributed by atoms with Crippen molar-refractivity contribution in [1.29, 1.82) is 0 Å². The van der Waals surface area contributed by atoms with Gasteiger partial charge < -0.3 is 19.9 Å². The number of carbonyl (C=O) groups is 1. The van der Waals surface area contributed by atoms with Crippen molar-refractivity contribution in [3.05, 3.63) is 92.3 Å². The highest BCUT2D eigenvalue weighted by molar-refractivity contribution is 5.93. The van der Waals surface area contributed by atoms with Crippen LogP contribution in [0.4, 0.5) is 15.9 Å². The molecular weight excluding hydrogens is 591 g/mol. The molecule has 4 aromatic heterocycles. The van der Waals surface area contributed by atoms with E-state index in [0.29, 0.717) is 41.1 Å². The number of anilines is 2. The van der Waals surface area contributed by atoms with Gasteiger partial charge in [0.2, 0.25) is 0 Å². The first-order chi connectivity index (χ1) is 21.9. The van der Waals surface area contributed by atoms with Crippen molar-refractivity contribution >= 4 is 28.2 Å². The number of aliphatic hydroxyl groups excluding tert-OH is 1. The second-order valence-corrected chi connectivity index (χ2v) is 12.6. The normalized spacial score (nSPS) is 13.5. The molecule has 13 heteroatoms. The molecule has 1 saturated heterocycles. The summed E-state index contributed by atoms with van der Waals surface area (Å²) in [5.74, 6) is -0.435. The van der Waals surface area contributed by atoms with Gasteiger partial charge >= 0.3 is 0 Å². The van der Waals surface area contributed by atoms with Gasteiger partial charge in [0, 0.05) is 62.2 Å². The Morgan fingerprint density at radius 1 is 1.07 bits per heavy atom. The van der Waals surface area contributed by atoms with Crippen molar-refractivity contribution in [2.45, 2.75) is 45.6 Å². The molecule has 1 aliphatic heterocycles. The molecule has 2 N–H and O–H groups in total. The first kappa shape index (κ1) is 30.8. The van der Waals surface area contributed by atoms with Gasteiger partial charge in [0.15, 0.2) is 11.6 Å². The van der Waals surface area contributed by atoms with Gasteiger partial charge in [-0.2, -0.15) is 14.9 Å². The Morgan fingerprint density at radius 3 is 2.50 bits per heavy atom. The molecule has 1 aliphatic rings. The summed E-state index contributed by atoms with van der Waals surface area (Å²) in [6.45, 7) is 6.74. The monoisotopic (exact) mass is 626 g/mol. The van der Waals surface area contributed by atoms with E-state index in [-0.39, 0.29) is 39.3 Å². The highest BCUT2D eigenvalue weighted by Gasteiger charge is 2.24. The number of hydrogen-bond donors (Lipinski definition) is 2. The molecule has 0 bridgehead atoms. The van der Waals surface area contributed by atoms with Gasteiger partial charge in [-0.3, -0.25) is 19.1 Å². The van der Waals surface area contributed by atoms with E-state index in [1.165, 1.54) is 27.7 Å². The summed E-state index contributed by atoms with van der Waals surface area (Å²) in [7, 11) is 3.26. The number of nitrogens with zero attached hydrogens (tertiary/aromatic N) is 7. The quantitative estimate of drug-likeness (QED) is 0.290. The van der Waals surface area contributed by atoms with Crippen LogP contribution in [0.15, 0.2) is 58.5 Å². The lowest BCUT2D eigenvalue weighted by Gasteiger charge is -2.20. The van der Waals surface area contributed by atoms with Crippen LogP contribution in [0.1, 0.15) is 55.2 Å². The van der Waals surface area contributed by atoms with Gasteiger partial charge in [0.1, 0.15) is 17.2 Å². The lowest BCUT2D eigenvalue weighted by Crippen LogP contribution is -2.29. The van der Waals surface area contributed by atoms with E-state index in [2.05, 4.69) is 20.5 Å². The maximum Gasteiger partial charge on any atom is 0.283 e. The zero-order valence-corrected chi connectivity index (χ0v) is 26.3. The van der Waals surface area contributed by atoms with Crippen LogP contribution in [0, 0.1) is 5.82 Å². The van der Waals surface area contributed by atoms with Gasteiger partial charge in [-0.25, -0.2) is 9.37 Å². The molecule has 0 saturated carbocycles. The van der Waals surface area contributed by atoms with Gasteiger partial charge in [0.25, 0.3) is 17.0 Å². The molecule has 0 unspecified atom stereocenters. The Kier molecular flexibility index (Phi) is 7.80. The third-order valence-corrected chi connectivity index (χ3v) is 8.35. The third-order valence-electron chi connectivity index (χ3n) is 8.35. The van der Waals surface area contributed by atoms with E-state index in [4.69, 9.17) is 0 Å². The van der Waals surface area contributed by atoms with Crippen molar-refractivity contribution in [2.24, 2.45) is 14.1 Å². The van der Waals surface area contributed by atoms with Crippen LogP contribution in [0.3, 0.4) is 0 Å². The molecule has 0 aliphatic carbocycles. The summed E-state index contributed by atoms with van der Waals surface area (Å²) in [5, 5.41) is 22.5. The van der Waals surface area contributed by atoms with E-state index in [9.17, 15) is 19.5 Å². The van der Waals surface area contributed by atoms with Gasteiger partial charge in [-0.1, -0.05) is 20.8 Å². The molecule has 6 rings (SSSR count). The molecule has 46 heavy (non-hydrogen) atoms. The number of pyridine rings is 2. The number of benzene rings is 1. The predicted molar refractivity (Wildman–Crippen MR) is 172 cm³/mol. The Labute approximate surface area is 263 Å². The molecule has 1 aromatic carbocycles. The van der Waals surface area contributed by atoms with Crippen LogP contribution in [-0.2, 0) is 26.1 Å². The molecule has 5 heterocycles. The first-order valence-corrected chi connectivity index (χ1v) is 15.0. The molecule has 5 aromatic rings. The van der Waals surface area contributed by atoms with Crippen molar-refractivity contribution in [3.63, 3.8) is 0 Å². The number of rotatable bonds is 6. The molecule has 238 valence electrons. The van der Waals surface area contributed by atoms with E-state index in [0.717, 1.165) is 23.1 Å². The maximum absolute atomic E-state index is 15.3. The number of halogens is 1. The summed E-state index contributed by atoms with van der Waals surface area (Å²) >= 11 is 0. The predicted octanol–water partition coefficient (Wildman–Crippen LogP) is 3.79. The fraction of sp³-hybridized carbons (Fsp3) is 0.333. The van der Waals surface area contributed by atoms with Crippen LogP contribution >= 0.6 is 0 Å². The molecule has 12 nitrogen and oxygen atoms in total. The minimum absolute atomic E-state index is 0.0318. The second kappa shape index (κ2) is 11.6. The summed E-state index contributed by atoms with van der Waals surface area (Å²) < 4.78 is 19.2. The highest BCUT2D eigenvalue weighted by Crippen LogP contribution is 2.30. The van der Waals surface area contributed by atoms with Crippen molar-refractivity contribution in [3.8, 4) is 16.9 Å². The Hall–Kier alpha value is -5.17. The largest absolute Gasteiger partial charge is 0.392 e. The van der Waals surface area contributed by atoms with Crippen LogP contribution in [0.25, 0.3) is 27.7 Å². The number of fused-ring (bicyclic) bond motifs is 1. The first-order valence-electron chi connectivity index (χ1n) is 15.0. The summed E-state index contributed by atoms with van der Waals surface area (Å²) in [6, 6.07) is 7.96. The van der Waals surface area contributed by atoms with E-state index in [1.54, 1.807) is 49.5 Å². The van der Waals surface area contributed by atoms with Gasteiger partial charge in [0.05, 0.1) is 18.2 Å². The minimum Gasteiger partial charge on any atom is -0.392 e. The van der Waals surface area contributed by atoms with Crippen molar-refractivity contribution in [1.82, 2.24) is 34.0 Å². The fourth-order valence-corrected chi connectivity index (χ4v) is 5.81. The standard InChI is InChI=1S/C33H35FN8O4/c1-33(2,3)21-12-19-16-36-42(32(46)28(19)24(34)14-21)29-23(18-43)22(8-9-35-29)20-13-25(30(44)39(4)17-20)37-27-15-26(40(5)38-27)31(45)41-10-6-7-11-41/h8-9,12-17,43H,6-7,10-11,18H2,1-5H3,(H,37,38). The van der Waals surface area contributed by atoms with Crippen LogP contribution in [0.5, 0.6) is 0 Å². The number of aliphatic hydroxyl groups is 1. The number of aryl methyl sites for hydroxylation is 2. The van der Waals surface area contributed by atoms with Crippen LogP contribution < -0.4 is 16.4 Å². The SMILES string of the molecule is Cn1nc(Nc2cc(-c3ccnc(-n4ncc5cc(C(C)(C)C)cc(F)c5c4=O)c3CO)cn(C)c2=O)cc1C(=O)N1CCCC1. The molecule has 1 amide bonds. The average Bonchev–Trinajstić information content (AvgIpc) is 3.68. The van der Waals surface area contributed by atoms with Crippen LogP contribution in [0.2, 0.25) is 0 Å². The van der Waals surface area contributed by atoms with E-state index < -0.39 is 18.0 Å². The van der Waals surface area contributed by atoms with Gasteiger partial charge in [-0.05, 0) is 53.6 Å². The smallest absolute Gasteiger partial charge is 0.283 e. The topological polar surface area (TPSA) is 140 Å². The lowest BCUT2D eigenvalue weighted by molar-refractivity contribution is 0.0782. The summed E-state index contributed by atoms with van der Waals surface area (Å²) in [4.78, 5) is 45.8. The second-order valence-electron chi connectivity index (χ2n) is 12.6. The molecule has 0 atom stereocenters. The Bertz CT molecular complexity index is 2120. The third kappa shape index (κ3) is 5.47. The number of aromatic nitrogens is 6.